The highest BCUT2D eigenvalue weighted by atomic mass is 16.5. The Morgan fingerprint density at radius 1 is 1.35 bits per heavy atom. The van der Waals surface area contributed by atoms with Crippen LogP contribution in [0.2, 0.25) is 0 Å². The largest absolute Gasteiger partial charge is 0.496 e. The second kappa shape index (κ2) is 7.65. The molecule has 0 heterocycles. The molecule has 0 aliphatic heterocycles. The van der Waals surface area contributed by atoms with Crippen molar-refractivity contribution in [1.29, 1.82) is 0 Å². The van der Waals surface area contributed by atoms with Crippen LogP contribution >= 0.6 is 0 Å². The molecule has 20 heavy (non-hydrogen) atoms. The minimum absolute atomic E-state index is 0.0657. The van der Waals surface area contributed by atoms with Gasteiger partial charge < -0.3 is 10.5 Å². The summed E-state index contributed by atoms with van der Waals surface area (Å²) in [5.74, 6) is 0.970. The van der Waals surface area contributed by atoms with Crippen molar-refractivity contribution in [2.75, 3.05) is 20.7 Å². The number of nitrogens with zero attached hydrogens (tertiary/aromatic N) is 1. The molecule has 2 atom stereocenters. The standard InChI is InChI=1S/C17H30N2O/c1-6-11-17(3,13-18)19(4)14(2)12-15-9-7-8-10-16(15)20-5/h7-10,14H,6,11-13,18H2,1-5H3. The topological polar surface area (TPSA) is 38.5 Å². The zero-order valence-electron chi connectivity index (χ0n) is 13.6. The molecule has 1 rings (SSSR count). The fourth-order valence-electron chi connectivity index (χ4n) is 2.82. The van der Waals surface area contributed by atoms with Gasteiger partial charge in [-0.2, -0.15) is 0 Å². The number of rotatable bonds is 8. The van der Waals surface area contributed by atoms with E-state index in [1.807, 2.05) is 12.1 Å². The summed E-state index contributed by atoms with van der Waals surface area (Å²) in [6.07, 6.45) is 3.25. The lowest BCUT2D eigenvalue weighted by atomic mass is 9.91. The number of ether oxygens (including phenoxy) is 1. The Kier molecular flexibility index (Phi) is 6.50. The van der Waals surface area contributed by atoms with Crippen molar-refractivity contribution < 1.29 is 4.74 Å². The SMILES string of the molecule is CCCC(C)(CN)N(C)C(C)Cc1ccccc1OC. The average molecular weight is 278 g/mol. The van der Waals surface area contributed by atoms with Crippen molar-refractivity contribution in [3.05, 3.63) is 29.8 Å². The van der Waals surface area contributed by atoms with Crippen LogP contribution in [0.15, 0.2) is 24.3 Å². The predicted molar refractivity (Wildman–Crippen MR) is 86.3 cm³/mol. The first kappa shape index (κ1) is 17.0. The van der Waals surface area contributed by atoms with E-state index in [4.69, 9.17) is 10.5 Å². The lowest BCUT2D eigenvalue weighted by Crippen LogP contribution is -2.53. The predicted octanol–water partition coefficient (Wildman–Crippen LogP) is 3.08. The average Bonchev–Trinajstić information content (AvgIpc) is 2.47. The highest BCUT2D eigenvalue weighted by Gasteiger charge is 2.30. The molecule has 0 aromatic heterocycles. The molecule has 0 radical (unpaired) electrons. The summed E-state index contributed by atoms with van der Waals surface area (Å²) in [5, 5.41) is 0. The number of methoxy groups -OCH3 is 1. The third-order valence-electron chi connectivity index (χ3n) is 4.45. The molecule has 0 spiro atoms. The Bertz CT molecular complexity index is 408. The summed E-state index contributed by atoms with van der Waals surface area (Å²) in [4.78, 5) is 2.42. The second-order valence-corrected chi connectivity index (χ2v) is 5.93. The smallest absolute Gasteiger partial charge is 0.122 e. The highest BCUT2D eigenvalue weighted by Crippen LogP contribution is 2.25. The van der Waals surface area contributed by atoms with Crippen LogP contribution in [-0.2, 0) is 6.42 Å². The second-order valence-electron chi connectivity index (χ2n) is 5.93. The molecule has 0 bridgehead atoms. The maximum Gasteiger partial charge on any atom is 0.122 e. The van der Waals surface area contributed by atoms with E-state index in [0.29, 0.717) is 12.6 Å². The van der Waals surface area contributed by atoms with Crippen LogP contribution in [0.25, 0.3) is 0 Å². The van der Waals surface area contributed by atoms with Gasteiger partial charge in [0, 0.05) is 18.1 Å². The third kappa shape index (κ3) is 3.97. The number of para-hydroxylation sites is 1. The van der Waals surface area contributed by atoms with E-state index < -0.39 is 0 Å². The molecule has 0 fully saturated rings. The quantitative estimate of drug-likeness (QED) is 0.794. The van der Waals surface area contributed by atoms with Gasteiger partial charge in [-0.05, 0) is 45.4 Å². The van der Waals surface area contributed by atoms with E-state index >= 15 is 0 Å². The summed E-state index contributed by atoms with van der Waals surface area (Å²) in [6, 6.07) is 8.67. The first-order chi connectivity index (χ1) is 9.48. The lowest BCUT2D eigenvalue weighted by molar-refractivity contribution is 0.0908. The Labute approximate surface area is 124 Å². The number of likely N-dealkylation sites (N-methyl/N-ethyl adjacent to an activating group) is 1. The minimum atomic E-state index is 0.0657. The zero-order valence-corrected chi connectivity index (χ0v) is 13.6. The molecular formula is C17H30N2O. The van der Waals surface area contributed by atoms with Gasteiger partial charge in [0.2, 0.25) is 0 Å². The van der Waals surface area contributed by atoms with E-state index in [9.17, 15) is 0 Å². The van der Waals surface area contributed by atoms with Crippen molar-refractivity contribution in [2.45, 2.75) is 51.6 Å². The van der Waals surface area contributed by atoms with Crippen molar-refractivity contribution in [3.8, 4) is 5.75 Å². The molecule has 0 amide bonds. The number of hydrogen-bond acceptors (Lipinski definition) is 3. The van der Waals surface area contributed by atoms with Crippen molar-refractivity contribution in [3.63, 3.8) is 0 Å². The molecule has 3 nitrogen and oxygen atoms in total. The Morgan fingerprint density at radius 2 is 2.00 bits per heavy atom. The fourth-order valence-corrected chi connectivity index (χ4v) is 2.82. The molecule has 1 aromatic rings. The van der Waals surface area contributed by atoms with E-state index in [0.717, 1.165) is 25.0 Å². The van der Waals surface area contributed by atoms with Gasteiger partial charge in [0.25, 0.3) is 0 Å². The summed E-state index contributed by atoms with van der Waals surface area (Å²) in [6.45, 7) is 7.42. The summed E-state index contributed by atoms with van der Waals surface area (Å²) in [7, 11) is 3.91. The maximum absolute atomic E-state index is 6.01. The van der Waals surface area contributed by atoms with Gasteiger partial charge >= 0.3 is 0 Å². The van der Waals surface area contributed by atoms with Crippen LogP contribution in [0.3, 0.4) is 0 Å². The van der Waals surface area contributed by atoms with Gasteiger partial charge in [-0.1, -0.05) is 31.5 Å². The Balaban J connectivity index is 2.81. The van der Waals surface area contributed by atoms with Gasteiger partial charge in [0.1, 0.15) is 5.75 Å². The van der Waals surface area contributed by atoms with Crippen LogP contribution in [-0.4, -0.2) is 37.2 Å². The number of hydrogen-bond donors (Lipinski definition) is 1. The third-order valence-corrected chi connectivity index (χ3v) is 4.45. The molecule has 114 valence electrons. The monoisotopic (exact) mass is 278 g/mol. The van der Waals surface area contributed by atoms with Crippen molar-refractivity contribution in [1.82, 2.24) is 4.90 Å². The molecule has 2 unspecified atom stereocenters. The normalized spacial score (nSPS) is 15.9. The molecular weight excluding hydrogens is 248 g/mol. The minimum Gasteiger partial charge on any atom is -0.496 e. The van der Waals surface area contributed by atoms with Crippen LogP contribution in [0.4, 0.5) is 0 Å². The summed E-state index contributed by atoms with van der Waals surface area (Å²) >= 11 is 0. The summed E-state index contributed by atoms with van der Waals surface area (Å²) in [5.41, 5.74) is 7.34. The fraction of sp³-hybridized carbons (Fsp3) is 0.647. The van der Waals surface area contributed by atoms with Gasteiger partial charge in [-0.3, -0.25) is 4.90 Å². The molecule has 0 aliphatic carbocycles. The van der Waals surface area contributed by atoms with Crippen LogP contribution in [0.1, 0.15) is 39.2 Å². The van der Waals surface area contributed by atoms with E-state index in [1.54, 1.807) is 7.11 Å². The Morgan fingerprint density at radius 3 is 2.55 bits per heavy atom. The van der Waals surface area contributed by atoms with Gasteiger partial charge in [-0.15, -0.1) is 0 Å². The maximum atomic E-state index is 6.01. The summed E-state index contributed by atoms with van der Waals surface area (Å²) < 4.78 is 5.44. The first-order valence-corrected chi connectivity index (χ1v) is 7.53. The lowest BCUT2D eigenvalue weighted by Gasteiger charge is -2.42. The number of benzene rings is 1. The van der Waals surface area contributed by atoms with E-state index in [-0.39, 0.29) is 5.54 Å². The Hall–Kier alpha value is -1.06. The van der Waals surface area contributed by atoms with E-state index in [1.165, 1.54) is 5.56 Å². The molecule has 0 saturated carbocycles. The van der Waals surface area contributed by atoms with Gasteiger partial charge in [-0.25, -0.2) is 0 Å². The van der Waals surface area contributed by atoms with Crippen LogP contribution < -0.4 is 10.5 Å². The number of nitrogens with two attached hydrogens (primary N) is 1. The van der Waals surface area contributed by atoms with Gasteiger partial charge in [0.15, 0.2) is 0 Å². The van der Waals surface area contributed by atoms with E-state index in [2.05, 4.69) is 44.9 Å². The van der Waals surface area contributed by atoms with Gasteiger partial charge in [0.05, 0.1) is 7.11 Å². The zero-order chi connectivity index (χ0) is 15.2. The highest BCUT2D eigenvalue weighted by molar-refractivity contribution is 5.33. The van der Waals surface area contributed by atoms with Crippen LogP contribution in [0.5, 0.6) is 5.75 Å². The molecule has 1 aromatic carbocycles. The molecule has 0 aliphatic rings. The van der Waals surface area contributed by atoms with Crippen molar-refractivity contribution >= 4 is 0 Å². The molecule has 0 saturated heterocycles. The van der Waals surface area contributed by atoms with Crippen molar-refractivity contribution in [2.24, 2.45) is 5.73 Å². The molecule has 2 N–H and O–H groups in total. The van der Waals surface area contributed by atoms with Crippen LogP contribution in [0, 0.1) is 0 Å². The molecule has 3 heteroatoms. The first-order valence-electron chi connectivity index (χ1n) is 7.53.